The van der Waals surface area contributed by atoms with Crippen LogP contribution in [-0.2, 0) is 0 Å². The van der Waals surface area contributed by atoms with Crippen molar-refractivity contribution < 1.29 is 26.8 Å². The summed E-state index contributed by atoms with van der Waals surface area (Å²) in [5.41, 5.74) is 0.996. The van der Waals surface area contributed by atoms with Gasteiger partial charge in [-0.1, -0.05) is 6.07 Å². The molecule has 4 nitrogen and oxygen atoms in total. The van der Waals surface area contributed by atoms with E-state index >= 15 is 0 Å². The summed E-state index contributed by atoms with van der Waals surface area (Å²) in [6.45, 7) is 0.872. The zero-order chi connectivity index (χ0) is 18.2. The molecule has 0 saturated heterocycles. The number of carbonyl (C=O) groups excluding carboxylic acids is 1. The van der Waals surface area contributed by atoms with Gasteiger partial charge in [-0.3, -0.25) is 4.79 Å². The van der Waals surface area contributed by atoms with E-state index in [9.17, 15) is 22.4 Å². The average molecular weight is 352 g/mol. The largest absolute Gasteiger partial charge is 0.408 e. The van der Waals surface area contributed by atoms with Gasteiger partial charge in [0.15, 0.2) is 5.52 Å². The number of benzene rings is 1. The molecule has 2 heterocycles. The first kappa shape index (κ1) is 16.9. The van der Waals surface area contributed by atoms with Crippen LogP contribution in [0.4, 0.5) is 17.6 Å². The zero-order valence-electron chi connectivity index (χ0n) is 13.1. The molecule has 1 aromatic carbocycles. The average Bonchev–Trinajstić information content (AvgIpc) is 2.94. The van der Waals surface area contributed by atoms with E-state index < -0.39 is 23.9 Å². The Morgan fingerprint density at radius 2 is 1.84 bits per heavy atom. The van der Waals surface area contributed by atoms with Crippen LogP contribution < -0.4 is 9.72 Å². The number of imidazole rings is 1. The van der Waals surface area contributed by atoms with Gasteiger partial charge in [-0.05, 0) is 43.3 Å². The normalized spacial score (nSPS) is 13.0. The first-order valence-electron chi connectivity index (χ1n) is 7.43. The monoisotopic (exact) mass is 352 g/mol. The number of pyridine rings is 1. The van der Waals surface area contributed by atoms with E-state index in [0.29, 0.717) is 16.9 Å². The molecule has 0 aliphatic heterocycles. The molecule has 0 saturated carbocycles. The highest BCUT2D eigenvalue weighted by Crippen LogP contribution is 2.21. The molecule has 0 spiro atoms. The van der Waals surface area contributed by atoms with Gasteiger partial charge in [0.1, 0.15) is 11.9 Å². The maximum absolute atomic E-state index is 13.1. The molecule has 3 aromatic rings. The molecule has 0 fully saturated rings. The second-order valence-electron chi connectivity index (χ2n) is 5.55. The number of H-pyrrole nitrogens is 1. The van der Waals surface area contributed by atoms with Crippen LogP contribution in [0.2, 0.25) is 0 Å². The molecule has 0 bridgehead atoms. The van der Waals surface area contributed by atoms with Crippen molar-refractivity contribution in [2.45, 2.75) is 19.1 Å². The molecule has 1 amide bonds. The highest BCUT2D eigenvalue weighted by atomic mass is 19.4. The van der Waals surface area contributed by atoms with Crippen molar-refractivity contribution >= 4 is 11.4 Å². The molecule has 0 aliphatic carbocycles. The first-order valence-corrected chi connectivity index (χ1v) is 7.43. The number of rotatable bonds is 3. The number of fused-ring (bicyclic) bond motifs is 1. The Morgan fingerprint density at radius 1 is 1.16 bits per heavy atom. The lowest BCUT2D eigenvalue weighted by Crippen LogP contribution is -2.43. The maximum Gasteiger partial charge on any atom is 0.408 e. The molecule has 130 valence electrons. The second kappa shape index (κ2) is 6.19. The molecular formula is C17H14F4N3O+. The fraction of sp³-hybridized carbons (Fsp3) is 0.176. The van der Waals surface area contributed by atoms with Crippen molar-refractivity contribution in [2.75, 3.05) is 0 Å². The van der Waals surface area contributed by atoms with Crippen molar-refractivity contribution in [1.82, 2.24) is 10.3 Å². The Morgan fingerprint density at radius 3 is 2.48 bits per heavy atom. The second-order valence-corrected chi connectivity index (χ2v) is 5.55. The molecule has 2 aromatic heterocycles. The van der Waals surface area contributed by atoms with Crippen molar-refractivity contribution in [3.05, 3.63) is 60.2 Å². The van der Waals surface area contributed by atoms with Gasteiger partial charge in [0, 0.05) is 0 Å². The van der Waals surface area contributed by atoms with Crippen molar-refractivity contribution in [2.24, 2.45) is 0 Å². The molecule has 1 atom stereocenters. The molecule has 3 rings (SSSR count). The van der Waals surface area contributed by atoms with E-state index in [4.69, 9.17) is 0 Å². The molecule has 0 aliphatic rings. The van der Waals surface area contributed by atoms with Gasteiger partial charge in [-0.15, -0.1) is 0 Å². The minimum absolute atomic E-state index is 0.00368. The fourth-order valence-electron chi connectivity index (χ4n) is 2.43. The lowest BCUT2D eigenvalue weighted by atomic mass is 10.2. The number of aromatic nitrogens is 2. The third-order valence-electron chi connectivity index (χ3n) is 3.78. The summed E-state index contributed by atoms with van der Waals surface area (Å²) in [5.74, 6) is -0.830. The predicted molar refractivity (Wildman–Crippen MR) is 82.3 cm³/mol. The number of hydrogen-bond donors (Lipinski definition) is 2. The van der Waals surface area contributed by atoms with Gasteiger partial charge in [-0.2, -0.15) is 17.6 Å². The van der Waals surface area contributed by atoms with E-state index in [2.05, 4.69) is 4.98 Å². The number of amides is 1. The Balaban J connectivity index is 2.05. The summed E-state index contributed by atoms with van der Waals surface area (Å²) >= 11 is 0. The number of halogens is 4. The minimum atomic E-state index is -4.54. The van der Waals surface area contributed by atoms with Crippen LogP contribution in [0.5, 0.6) is 0 Å². The predicted octanol–water partition coefficient (Wildman–Crippen LogP) is 3.24. The number of hydrogen-bond acceptors (Lipinski definition) is 1. The lowest BCUT2D eigenvalue weighted by Gasteiger charge is -2.15. The first-order chi connectivity index (χ1) is 11.8. The van der Waals surface area contributed by atoms with Crippen molar-refractivity contribution in [3.63, 3.8) is 0 Å². The number of nitrogens with one attached hydrogen (secondary N) is 2. The van der Waals surface area contributed by atoms with Crippen LogP contribution in [0.1, 0.15) is 17.4 Å². The van der Waals surface area contributed by atoms with Gasteiger partial charge in [0.05, 0.1) is 11.8 Å². The van der Waals surface area contributed by atoms with E-state index in [1.807, 2.05) is 5.32 Å². The van der Waals surface area contributed by atoms with Crippen LogP contribution in [0.15, 0.2) is 48.7 Å². The summed E-state index contributed by atoms with van der Waals surface area (Å²) in [4.78, 5) is 15.1. The highest BCUT2D eigenvalue weighted by molar-refractivity contribution is 5.98. The Labute approximate surface area is 140 Å². The van der Waals surface area contributed by atoms with Crippen molar-refractivity contribution in [3.8, 4) is 11.4 Å². The summed E-state index contributed by atoms with van der Waals surface area (Å²) in [6.07, 6.45) is -2.88. The quantitative estimate of drug-likeness (QED) is 0.552. The van der Waals surface area contributed by atoms with Crippen LogP contribution in [0, 0.1) is 5.82 Å². The Hall–Kier alpha value is -2.90. The van der Waals surface area contributed by atoms with Gasteiger partial charge in [0.25, 0.3) is 11.7 Å². The molecular weight excluding hydrogens is 338 g/mol. The van der Waals surface area contributed by atoms with Gasteiger partial charge < -0.3 is 5.32 Å². The van der Waals surface area contributed by atoms with Crippen LogP contribution in [0.25, 0.3) is 16.9 Å². The minimum Gasteiger partial charge on any atom is -0.337 e. The fourth-order valence-corrected chi connectivity index (χ4v) is 2.43. The van der Waals surface area contributed by atoms with E-state index in [1.165, 1.54) is 24.3 Å². The number of alkyl halides is 3. The topological polar surface area (TPSA) is 49.0 Å². The van der Waals surface area contributed by atoms with Crippen molar-refractivity contribution in [1.29, 1.82) is 0 Å². The molecule has 0 radical (unpaired) electrons. The SMILES string of the molecule is CC(NC(=O)c1[nH]c(-c2ccc(F)cc2)[n+]2ccccc12)C(F)(F)F. The van der Waals surface area contributed by atoms with Crippen LogP contribution in [0.3, 0.4) is 0 Å². The molecule has 1 unspecified atom stereocenters. The molecule has 2 N–H and O–H groups in total. The smallest absolute Gasteiger partial charge is 0.337 e. The maximum atomic E-state index is 13.1. The van der Waals surface area contributed by atoms with Crippen LogP contribution in [-0.4, -0.2) is 23.1 Å². The molecule has 25 heavy (non-hydrogen) atoms. The zero-order valence-corrected chi connectivity index (χ0v) is 13.1. The number of nitrogens with zero attached hydrogens (tertiary/aromatic N) is 1. The van der Waals surface area contributed by atoms with E-state index in [-0.39, 0.29) is 5.69 Å². The number of aromatic amines is 1. The van der Waals surface area contributed by atoms with Gasteiger partial charge in [0.2, 0.25) is 5.69 Å². The van der Waals surface area contributed by atoms with E-state index in [0.717, 1.165) is 6.92 Å². The highest BCUT2D eigenvalue weighted by Gasteiger charge is 2.38. The third-order valence-corrected chi connectivity index (χ3v) is 3.78. The Kier molecular flexibility index (Phi) is 4.20. The van der Waals surface area contributed by atoms with Crippen LogP contribution >= 0.6 is 0 Å². The van der Waals surface area contributed by atoms with E-state index in [1.54, 1.807) is 28.8 Å². The van der Waals surface area contributed by atoms with Gasteiger partial charge in [-0.25, -0.2) is 9.37 Å². The summed E-state index contributed by atoms with van der Waals surface area (Å²) in [5, 5.41) is 1.93. The summed E-state index contributed by atoms with van der Waals surface area (Å²) in [6, 6.07) is 8.56. The number of carbonyl (C=O) groups is 1. The standard InChI is InChI=1S/C17H13F4N3O/c1-10(17(19,20)21)22-16(25)14-13-4-2-3-9-24(13)15(23-14)11-5-7-12(18)8-6-11/h2-10H,1H3,(H,22,25)/p+1. The summed E-state index contributed by atoms with van der Waals surface area (Å²) < 4.78 is 52.8. The van der Waals surface area contributed by atoms with Gasteiger partial charge >= 0.3 is 6.18 Å². The third kappa shape index (κ3) is 3.33. The lowest BCUT2D eigenvalue weighted by molar-refractivity contribution is -0.498. The summed E-state index contributed by atoms with van der Waals surface area (Å²) in [7, 11) is 0. The molecule has 8 heteroatoms. The Bertz CT molecular complexity index is 916.